The maximum absolute atomic E-state index is 12.0. The van der Waals surface area contributed by atoms with Crippen molar-refractivity contribution in [1.29, 1.82) is 0 Å². The minimum Gasteiger partial charge on any atom is -0.333 e. The molecule has 1 saturated heterocycles. The number of carbonyl (C=O) groups is 1. The van der Waals surface area contributed by atoms with Crippen LogP contribution in [-0.4, -0.2) is 38.6 Å². The maximum Gasteiger partial charge on any atom is 0.291 e. The summed E-state index contributed by atoms with van der Waals surface area (Å²) < 4.78 is 0. The van der Waals surface area contributed by atoms with Gasteiger partial charge in [0.1, 0.15) is 6.33 Å². The normalized spacial score (nSPS) is 26.7. The van der Waals surface area contributed by atoms with Crippen LogP contribution in [0.2, 0.25) is 0 Å². The van der Waals surface area contributed by atoms with E-state index >= 15 is 0 Å². The number of amides is 1. The number of nitrogens with one attached hydrogen (secondary N) is 1. The van der Waals surface area contributed by atoms with Crippen LogP contribution in [0, 0.1) is 5.92 Å². The van der Waals surface area contributed by atoms with Crippen LogP contribution in [0.1, 0.15) is 37.3 Å². The minimum atomic E-state index is -0.0353. The van der Waals surface area contributed by atoms with Crippen molar-refractivity contribution in [2.45, 2.75) is 32.7 Å². The molecular formula is C10H16N4O. The molecule has 5 heteroatoms. The first-order valence-electron chi connectivity index (χ1n) is 5.35. The molecule has 2 rings (SSSR count). The van der Waals surface area contributed by atoms with Crippen LogP contribution in [0.5, 0.6) is 0 Å². The topological polar surface area (TPSA) is 61.9 Å². The molecule has 1 aromatic rings. The first-order chi connectivity index (χ1) is 7.18. The first-order valence-corrected chi connectivity index (χ1v) is 5.35. The molecule has 5 nitrogen and oxygen atoms in total. The molecule has 1 aliphatic rings. The summed E-state index contributed by atoms with van der Waals surface area (Å²) in [6, 6.07) is 0.298. The predicted molar refractivity (Wildman–Crippen MR) is 55.3 cm³/mol. The number of hydrogen-bond acceptors (Lipinski definition) is 3. The number of likely N-dealkylation sites (tertiary alicyclic amines) is 1. The molecule has 0 saturated carbocycles. The fourth-order valence-electron chi connectivity index (χ4n) is 2.15. The van der Waals surface area contributed by atoms with E-state index in [1.54, 1.807) is 0 Å². The molecular weight excluding hydrogens is 192 g/mol. The molecule has 0 bridgehead atoms. The van der Waals surface area contributed by atoms with Gasteiger partial charge in [0.25, 0.3) is 5.91 Å². The van der Waals surface area contributed by atoms with Crippen molar-refractivity contribution in [3.8, 4) is 0 Å². The standard InChI is InChI=1S/C10H16N4O/c1-7-3-4-14(8(2)5-7)10(15)9-11-6-12-13-9/h6-8H,3-5H2,1-2H3,(H,11,12,13). The van der Waals surface area contributed by atoms with E-state index < -0.39 is 0 Å². The van der Waals surface area contributed by atoms with Gasteiger partial charge in [0.2, 0.25) is 5.82 Å². The fourth-order valence-corrected chi connectivity index (χ4v) is 2.15. The molecule has 0 aromatic carbocycles. The number of hydrogen-bond donors (Lipinski definition) is 1. The number of rotatable bonds is 1. The third-order valence-electron chi connectivity index (χ3n) is 3.02. The Hall–Kier alpha value is -1.39. The molecule has 0 aliphatic carbocycles. The van der Waals surface area contributed by atoms with Crippen molar-refractivity contribution in [2.75, 3.05) is 6.54 Å². The quantitative estimate of drug-likeness (QED) is 0.750. The molecule has 2 unspecified atom stereocenters. The smallest absolute Gasteiger partial charge is 0.291 e. The number of H-pyrrole nitrogens is 1. The van der Waals surface area contributed by atoms with Crippen LogP contribution in [0.3, 0.4) is 0 Å². The maximum atomic E-state index is 12.0. The van der Waals surface area contributed by atoms with Gasteiger partial charge >= 0.3 is 0 Å². The molecule has 1 N–H and O–H groups in total. The molecule has 0 spiro atoms. The van der Waals surface area contributed by atoms with Gasteiger partial charge in [-0.1, -0.05) is 6.92 Å². The van der Waals surface area contributed by atoms with Crippen molar-refractivity contribution < 1.29 is 4.79 Å². The van der Waals surface area contributed by atoms with Crippen LogP contribution in [0.15, 0.2) is 6.33 Å². The molecule has 82 valence electrons. The Balaban J connectivity index is 2.08. The van der Waals surface area contributed by atoms with Crippen LogP contribution in [-0.2, 0) is 0 Å². The average molecular weight is 208 g/mol. The Labute approximate surface area is 88.9 Å². The number of piperidine rings is 1. The van der Waals surface area contributed by atoms with Gasteiger partial charge in [-0.05, 0) is 25.7 Å². The van der Waals surface area contributed by atoms with Crippen molar-refractivity contribution in [3.63, 3.8) is 0 Å². The lowest BCUT2D eigenvalue weighted by Gasteiger charge is -2.35. The average Bonchev–Trinajstić information content (AvgIpc) is 2.69. The third-order valence-corrected chi connectivity index (χ3v) is 3.02. The van der Waals surface area contributed by atoms with Gasteiger partial charge in [-0.2, -0.15) is 5.10 Å². The van der Waals surface area contributed by atoms with Crippen molar-refractivity contribution in [1.82, 2.24) is 20.1 Å². The highest BCUT2D eigenvalue weighted by molar-refractivity contribution is 5.90. The van der Waals surface area contributed by atoms with Crippen LogP contribution in [0.25, 0.3) is 0 Å². The summed E-state index contributed by atoms with van der Waals surface area (Å²) in [5.41, 5.74) is 0. The van der Waals surface area contributed by atoms with Gasteiger partial charge < -0.3 is 4.90 Å². The van der Waals surface area contributed by atoms with Crippen LogP contribution in [0.4, 0.5) is 0 Å². The Morgan fingerprint density at radius 1 is 1.60 bits per heavy atom. The van der Waals surface area contributed by atoms with E-state index in [-0.39, 0.29) is 5.91 Å². The highest BCUT2D eigenvalue weighted by atomic mass is 16.2. The number of carbonyl (C=O) groups excluding carboxylic acids is 1. The molecule has 2 heterocycles. The van der Waals surface area contributed by atoms with Gasteiger partial charge in [0.15, 0.2) is 0 Å². The SMILES string of the molecule is CC1CCN(C(=O)c2ncn[nH]2)C(C)C1. The van der Waals surface area contributed by atoms with Gasteiger partial charge in [-0.15, -0.1) is 0 Å². The monoisotopic (exact) mass is 208 g/mol. The van der Waals surface area contributed by atoms with Crippen LogP contribution >= 0.6 is 0 Å². The van der Waals surface area contributed by atoms with E-state index in [2.05, 4.69) is 29.0 Å². The predicted octanol–water partition coefficient (Wildman–Crippen LogP) is 1.07. The van der Waals surface area contributed by atoms with E-state index in [0.717, 1.165) is 19.4 Å². The molecule has 0 radical (unpaired) electrons. The fraction of sp³-hybridized carbons (Fsp3) is 0.700. The molecule has 2 atom stereocenters. The second-order valence-electron chi connectivity index (χ2n) is 4.31. The zero-order chi connectivity index (χ0) is 10.8. The Bertz CT molecular complexity index is 335. The minimum absolute atomic E-state index is 0.0353. The number of aromatic nitrogens is 3. The first kappa shape index (κ1) is 10.1. The summed E-state index contributed by atoms with van der Waals surface area (Å²) in [6.45, 7) is 5.14. The Morgan fingerprint density at radius 3 is 3.00 bits per heavy atom. The zero-order valence-corrected chi connectivity index (χ0v) is 9.10. The van der Waals surface area contributed by atoms with E-state index in [0.29, 0.717) is 17.8 Å². The second kappa shape index (κ2) is 4.00. The lowest BCUT2D eigenvalue weighted by Crippen LogP contribution is -2.44. The van der Waals surface area contributed by atoms with Crippen molar-refractivity contribution in [2.24, 2.45) is 5.92 Å². The Kier molecular flexibility index (Phi) is 2.70. The van der Waals surface area contributed by atoms with Crippen LogP contribution < -0.4 is 0 Å². The number of aromatic amines is 1. The molecule has 1 aliphatic heterocycles. The third kappa shape index (κ3) is 2.00. The second-order valence-corrected chi connectivity index (χ2v) is 4.31. The zero-order valence-electron chi connectivity index (χ0n) is 9.10. The summed E-state index contributed by atoms with van der Waals surface area (Å²) in [5.74, 6) is 1.02. The lowest BCUT2D eigenvalue weighted by molar-refractivity contribution is 0.0576. The van der Waals surface area contributed by atoms with E-state index in [1.165, 1.54) is 6.33 Å². The van der Waals surface area contributed by atoms with E-state index in [1.807, 2.05) is 4.90 Å². The van der Waals surface area contributed by atoms with Crippen molar-refractivity contribution >= 4 is 5.91 Å². The summed E-state index contributed by atoms with van der Waals surface area (Å²) >= 11 is 0. The highest BCUT2D eigenvalue weighted by Crippen LogP contribution is 2.22. The van der Waals surface area contributed by atoms with Crippen molar-refractivity contribution in [3.05, 3.63) is 12.2 Å². The highest BCUT2D eigenvalue weighted by Gasteiger charge is 2.28. The summed E-state index contributed by atoms with van der Waals surface area (Å²) in [7, 11) is 0. The van der Waals surface area contributed by atoms with Gasteiger partial charge in [-0.3, -0.25) is 9.89 Å². The van der Waals surface area contributed by atoms with Gasteiger partial charge in [-0.25, -0.2) is 4.98 Å². The number of nitrogens with zero attached hydrogens (tertiary/aromatic N) is 3. The van der Waals surface area contributed by atoms with Gasteiger partial charge in [0, 0.05) is 12.6 Å². The molecule has 15 heavy (non-hydrogen) atoms. The molecule has 1 fully saturated rings. The summed E-state index contributed by atoms with van der Waals surface area (Å²) in [6.07, 6.45) is 3.51. The van der Waals surface area contributed by atoms with Gasteiger partial charge in [0.05, 0.1) is 0 Å². The molecule has 1 amide bonds. The van der Waals surface area contributed by atoms with E-state index in [4.69, 9.17) is 0 Å². The molecule has 1 aromatic heterocycles. The lowest BCUT2D eigenvalue weighted by atomic mass is 9.93. The Morgan fingerprint density at radius 2 is 2.40 bits per heavy atom. The summed E-state index contributed by atoms with van der Waals surface area (Å²) in [5, 5.41) is 6.31. The summed E-state index contributed by atoms with van der Waals surface area (Å²) in [4.78, 5) is 17.7. The largest absolute Gasteiger partial charge is 0.333 e. The van der Waals surface area contributed by atoms with E-state index in [9.17, 15) is 4.79 Å².